The number of hydrogen-bond donors (Lipinski definition) is 4. The van der Waals surface area contributed by atoms with E-state index in [4.69, 9.17) is 0 Å². The second kappa shape index (κ2) is 10.4. The minimum atomic E-state index is -3.70. The van der Waals surface area contributed by atoms with Crippen LogP contribution in [0, 0.1) is 5.92 Å². The summed E-state index contributed by atoms with van der Waals surface area (Å²) in [5.41, 5.74) is 2.74. The van der Waals surface area contributed by atoms with Crippen LogP contribution >= 0.6 is 0 Å². The number of sulfonamides is 1. The molecule has 0 spiro atoms. The molecule has 36 heavy (non-hydrogen) atoms. The van der Waals surface area contributed by atoms with Crippen molar-refractivity contribution in [2.24, 2.45) is 5.92 Å². The molecular weight excluding hydrogens is 476 g/mol. The minimum absolute atomic E-state index is 0.107. The molecule has 1 aliphatic heterocycles. The Morgan fingerprint density at radius 3 is 2.47 bits per heavy atom. The fraction of sp³-hybridized carbons (Fsp3) is 0.407. The first-order chi connectivity index (χ1) is 17.4. The average Bonchev–Trinajstić information content (AvgIpc) is 3.22. The van der Waals surface area contributed by atoms with E-state index in [1.807, 2.05) is 42.5 Å². The van der Waals surface area contributed by atoms with Crippen LogP contribution in [-0.4, -0.2) is 43.8 Å². The first kappa shape index (κ1) is 24.5. The van der Waals surface area contributed by atoms with Crippen LogP contribution in [-0.2, 0) is 19.6 Å². The fourth-order valence-electron chi connectivity index (χ4n) is 5.17. The maximum atomic E-state index is 13.1. The molecule has 1 aromatic heterocycles. The summed E-state index contributed by atoms with van der Waals surface area (Å²) in [6, 6.07) is 16.3. The number of carbonyl (C=O) groups is 2. The maximum absolute atomic E-state index is 13.1. The third-order valence-electron chi connectivity index (χ3n) is 7.26. The van der Waals surface area contributed by atoms with E-state index in [1.54, 1.807) is 12.1 Å². The van der Waals surface area contributed by atoms with Crippen molar-refractivity contribution < 1.29 is 18.0 Å². The molecule has 2 aromatic carbocycles. The van der Waals surface area contributed by atoms with Crippen LogP contribution in [0.1, 0.15) is 44.9 Å². The molecule has 1 unspecified atom stereocenters. The lowest BCUT2D eigenvalue weighted by atomic mass is 9.85. The maximum Gasteiger partial charge on any atom is 0.242 e. The van der Waals surface area contributed by atoms with Gasteiger partial charge in [0.15, 0.2) is 0 Å². The number of benzene rings is 2. The van der Waals surface area contributed by atoms with Crippen molar-refractivity contribution in [2.45, 2.75) is 61.9 Å². The van der Waals surface area contributed by atoms with Crippen LogP contribution in [0.2, 0.25) is 0 Å². The van der Waals surface area contributed by atoms with Crippen LogP contribution in [0.15, 0.2) is 59.5 Å². The van der Waals surface area contributed by atoms with Gasteiger partial charge in [0.25, 0.3) is 0 Å². The second-order valence-corrected chi connectivity index (χ2v) is 11.5. The summed E-state index contributed by atoms with van der Waals surface area (Å²) >= 11 is 0. The van der Waals surface area contributed by atoms with E-state index in [0.717, 1.165) is 35.0 Å². The first-order valence-electron chi connectivity index (χ1n) is 12.7. The average molecular weight is 509 g/mol. The number of rotatable bonds is 6. The van der Waals surface area contributed by atoms with Gasteiger partial charge in [-0.25, -0.2) is 13.1 Å². The number of nitrogens with one attached hydrogen (secondary N) is 4. The van der Waals surface area contributed by atoms with Gasteiger partial charge in [-0.3, -0.25) is 9.59 Å². The van der Waals surface area contributed by atoms with Gasteiger partial charge < -0.3 is 15.6 Å². The SMILES string of the molecule is O=C1NCCCCC1NC(=O)[C@H]1CC[C@H](NS(=O)(=O)c2ccc3cc(-c4ccccc4)[nH]c3c2)CC1. The molecule has 2 fully saturated rings. The van der Waals surface area contributed by atoms with Gasteiger partial charge in [-0.2, -0.15) is 0 Å². The lowest BCUT2D eigenvalue weighted by Gasteiger charge is -2.29. The summed E-state index contributed by atoms with van der Waals surface area (Å²) in [4.78, 5) is 28.4. The molecule has 1 saturated heterocycles. The fourth-order valence-corrected chi connectivity index (χ4v) is 6.50. The van der Waals surface area contributed by atoms with Gasteiger partial charge in [-0.05, 0) is 68.7 Å². The summed E-state index contributed by atoms with van der Waals surface area (Å²) in [7, 11) is -3.70. The first-order valence-corrected chi connectivity index (χ1v) is 14.2. The topological polar surface area (TPSA) is 120 Å². The van der Waals surface area contributed by atoms with Crippen LogP contribution < -0.4 is 15.4 Å². The quantitative estimate of drug-likeness (QED) is 0.408. The van der Waals surface area contributed by atoms with E-state index in [9.17, 15) is 18.0 Å². The molecule has 0 radical (unpaired) electrons. The van der Waals surface area contributed by atoms with Crippen molar-refractivity contribution in [3.05, 3.63) is 54.6 Å². The molecule has 3 aromatic rings. The number of amides is 2. The van der Waals surface area contributed by atoms with Crippen molar-refractivity contribution in [2.75, 3.05) is 6.54 Å². The normalized spacial score (nSPS) is 23.1. The van der Waals surface area contributed by atoms with Crippen molar-refractivity contribution in [1.82, 2.24) is 20.3 Å². The van der Waals surface area contributed by atoms with Crippen LogP contribution in [0.5, 0.6) is 0 Å². The molecular formula is C27H32N4O4S. The molecule has 2 amide bonds. The van der Waals surface area contributed by atoms with E-state index < -0.39 is 16.1 Å². The highest BCUT2D eigenvalue weighted by atomic mass is 32.2. The van der Waals surface area contributed by atoms with Gasteiger partial charge in [0, 0.05) is 35.1 Å². The summed E-state index contributed by atoms with van der Waals surface area (Å²) in [6.45, 7) is 0.654. The molecule has 5 rings (SSSR count). The number of aromatic nitrogens is 1. The van der Waals surface area contributed by atoms with Gasteiger partial charge in [-0.15, -0.1) is 0 Å². The predicted molar refractivity (Wildman–Crippen MR) is 139 cm³/mol. The van der Waals surface area contributed by atoms with Crippen molar-refractivity contribution in [1.29, 1.82) is 0 Å². The van der Waals surface area contributed by atoms with Crippen molar-refractivity contribution in [3.63, 3.8) is 0 Å². The Balaban J connectivity index is 1.19. The monoisotopic (exact) mass is 508 g/mol. The molecule has 1 aliphatic carbocycles. The zero-order valence-corrected chi connectivity index (χ0v) is 20.9. The molecule has 1 atom stereocenters. The van der Waals surface area contributed by atoms with Gasteiger partial charge in [0.1, 0.15) is 6.04 Å². The zero-order chi connectivity index (χ0) is 25.1. The number of carbonyl (C=O) groups excluding carboxylic acids is 2. The minimum Gasteiger partial charge on any atom is -0.354 e. The molecule has 190 valence electrons. The molecule has 8 nitrogen and oxygen atoms in total. The zero-order valence-electron chi connectivity index (χ0n) is 20.1. The molecule has 0 bridgehead atoms. The lowest BCUT2D eigenvalue weighted by Crippen LogP contribution is -2.48. The number of aromatic amines is 1. The Hall–Kier alpha value is -3.17. The Bertz CT molecular complexity index is 1340. The predicted octanol–water partition coefficient (Wildman–Crippen LogP) is 3.46. The summed E-state index contributed by atoms with van der Waals surface area (Å²) in [5.74, 6) is -0.421. The lowest BCUT2D eigenvalue weighted by molar-refractivity contribution is -0.131. The third-order valence-corrected chi connectivity index (χ3v) is 8.78. The summed E-state index contributed by atoms with van der Waals surface area (Å²) < 4.78 is 29.1. The smallest absolute Gasteiger partial charge is 0.242 e. The number of H-pyrrole nitrogens is 1. The Kier molecular flexibility index (Phi) is 7.11. The van der Waals surface area contributed by atoms with Gasteiger partial charge in [0.2, 0.25) is 21.8 Å². The van der Waals surface area contributed by atoms with Crippen LogP contribution in [0.25, 0.3) is 22.2 Å². The highest BCUT2D eigenvalue weighted by molar-refractivity contribution is 7.89. The van der Waals surface area contributed by atoms with E-state index in [2.05, 4.69) is 20.3 Å². The number of hydrogen-bond acceptors (Lipinski definition) is 4. The standard InChI is InChI=1S/C27H32N4O4S/c32-26(30-23-8-4-5-15-28-27(23)33)19-9-12-21(13-10-19)31-36(34,35)22-14-11-20-16-24(29-25(20)17-22)18-6-2-1-3-7-18/h1-3,6-7,11,14,16-17,19,21,23,29,31H,4-5,8-10,12-13,15H2,(H,28,33)(H,30,32)/t19-,21-,23?. The Morgan fingerprint density at radius 1 is 0.917 bits per heavy atom. The largest absolute Gasteiger partial charge is 0.354 e. The highest BCUT2D eigenvalue weighted by Gasteiger charge is 2.31. The Labute approximate surface area is 211 Å². The summed E-state index contributed by atoms with van der Waals surface area (Å²) in [5, 5.41) is 6.69. The van der Waals surface area contributed by atoms with E-state index in [0.29, 0.717) is 38.6 Å². The summed E-state index contributed by atoms with van der Waals surface area (Å²) in [6.07, 6.45) is 4.82. The van der Waals surface area contributed by atoms with E-state index in [1.165, 1.54) is 0 Å². The van der Waals surface area contributed by atoms with Gasteiger partial charge in [0.05, 0.1) is 4.90 Å². The molecule has 2 aliphatic rings. The Morgan fingerprint density at radius 2 is 1.69 bits per heavy atom. The van der Waals surface area contributed by atoms with Crippen LogP contribution in [0.4, 0.5) is 0 Å². The van der Waals surface area contributed by atoms with Gasteiger partial charge >= 0.3 is 0 Å². The third kappa shape index (κ3) is 5.47. The second-order valence-electron chi connectivity index (χ2n) is 9.82. The number of fused-ring (bicyclic) bond motifs is 1. The molecule has 2 heterocycles. The molecule has 1 saturated carbocycles. The molecule has 9 heteroatoms. The van der Waals surface area contributed by atoms with Crippen LogP contribution in [0.3, 0.4) is 0 Å². The van der Waals surface area contributed by atoms with Crippen molar-refractivity contribution >= 4 is 32.7 Å². The van der Waals surface area contributed by atoms with E-state index in [-0.39, 0.29) is 28.7 Å². The molecule has 4 N–H and O–H groups in total. The van der Waals surface area contributed by atoms with Gasteiger partial charge in [-0.1, -0.05) is 36.4 Å². The van der Waals surface area contributed by atoms with E-state index >= 15 is 0 Å². The highest BCUT2D eigenvalue weighted by Crippen LogP contribution is 2.28. The van der Waals surface area contributed by atoms with Crippen molar-refractivity contribution in [3.8, 4) is 11.3 Å².